The van der Waals surface area contributed by atoms with E-state index in [9.17, 15) is 14.4 Å². The lowest BCUT2D eigenvalue weighted by Gasteiger charge is -2.30. The van der Waals surface area contributed by atoms with Crippen LogP contribution in [-0.4, -0.2) is 49.0 Å². The molecule has 3 rings (SSSR count). The molecule has 0 aromatic heterocycles. The van der Waals surface area contributed by atoms with Gasteiger partial charge in [-0.1, -0.05) is 6.42 Å². The first-order valence-electron chi connectivity index (χ1n) is 9.66. The second-order valence-corrected chi connectivity index (χ2v) is 7.71. The van der Waals surface area contributed by atoms with Crippen molar-refractivity contribution in [1.82, 2.24) is 4.90 Å². The van der Waals surface area contributed by atoms with Crippen LogP contribution in [0.15, 0.2) is 0 Å². The van der Waals surface area contributed by atoms with Gasteiger partial charge in [-0.2, -0.15) is 0 Å². The van der Waals surface area contributed by atoms with Crippen LogP contribution in [0.25, 0.3) is 0 Å². The lowest BCUT2D eigenvalue weighted by Crippen LogP contribution is -2.42. The minimum Gasteiger partial charge on any atom is -0.466 e. The van der Waals surface area contributed by atoms with Crippen LogP contribution in [0, 0.1) is 23.7 Å². The van der Waals surface area contributed by atoms with Gasteiger partial charge in [0.1, 0.15) is 0 Å². The van der Waals surface area contributed by atoms with Gasteiger partial charge in [0.05, 0.1) is 12.5 Å². The highest BCUT2D eigenvalue weighted by Crippen LogP contribution is 2.49. The topological polar surface area (TPSA) is 72.9 Å². The van der Waals surface area contributed by atoms with Gasteiger partial charge in [0, 0.05) is 19.5 Å². The van der Waals surface area contributed by atoms with Crippen LogP contribution in [0.3, 0.4) is 0 Å². The number of piperidine rings is 1. The van der Waals surface area contributed by atoms with Crippen LogP contribution >= 0.6 is 0 Å². The van der Waals surface area contributed by atoms with E-state index >= 15 is 0 Å². The Balaban J connectivity index is 1.34. The fourth-order valence-electron chi connectivity index (χ4n) is 4.76. The number of ether oxygens (including phenoxy) is 2. The standard InChI is InChI=1S/C19H29NO5/c1-2-24-19(23)14-5-7-20(8-6-14)17(21)12-25-18(22)11-16-10-13-3-4-15(16)9-13/h13-16H,2-12H2,1H3/t13-,15-,16+/m0/s1. The van der Waals surface area contributed by atoms with Gasteiger partial charge < -0.3 is 14.4 Å². The smallest absolute Gasteiger partial charge is 0.309 e. The number of likely N-dealkylation sites (tertiary alicyclic amines) is 1. The molecule has 0 radical (unpaired) electrons. The summed E-state index contributed by atoms with van der Waals surface area (Å²) >= 11 is 0. The molecule has 1 saturated heterocycles. The summed E-state index contributed by atoms with van der Waals surface area (Å²) in [5.41, 5.74) is 0. The number of fused-ring (bicyclic) bond motifs is 2. The second kappa shape index (κ2) is 8.19. The van der Waals surface area contributed by atoms with E-state index in [0.717, 1.165) is 12.3 Å². The fourth-order valence-corrected chi connectivity index (χ4v) is 4.76. The largest absolute Gasteiger partial charge is 0.466 e. The minimum absolute atomic E-state index is 0.121. The number of amides is 1. The van der Waals surface area contributed by atoms with E-state index in [0.29, 0.717) is 50.8 Å². The third-order valence-electron chi connectivity index (χ3n) is 6.14. The Morgan fingerprint density at radius 3 is 2.36 bits per heavy atom. The number of hydrogen-bond acceptors (Lipinski definition) is 5. The van der Waals surface area contributed by atoms with Crippen molar-refractivity contribution >= 4 is 17.8 Å². The molecule has 0 spiro atoms. The first-order chi connectivity index (χ1) is 12.1. The summed E-state index contributed by atoms with van der Waals surface area (Å²) in [4.78, 5) is 37.6. The molecular formula is C19H29NO5. The Hall–Kier alpha value is -1.59. The molecule has 140 valence electrons. The van der Waals surface area contributed by atoms with Crippen LogP contribution < -0.4 is 0 Å². The Labute approximate surface area is 149 Å². The molecule has 6 nitrogen and oxygen atoms in total. The van der Waals surface area contributed by atoms with E-state index < -0.39 is 0 Å². The predicted octanol–water partition coefficient (Wildman–Crippen LogP) is 2.16. The molecule has 0 unspecified atom stereocenters. The highest BCUT2D eigenvalue weighted by molar-refractivity contribution is 5.81. The fraction of sp³-hybridized carbons (Fsp3) is 0.842. The lowest BCUT2D eigenvalue weighted by molar-refractivity contribution is -0.155. The van der Waals surface area contributed by atoms with Crippen molar-refractivity contribution in [2.24, 2.45) is 23.7 Å². The van der Waals surface area contributed by atoms with Crippen molar-refractivity contribution in [2.75, 3.05) is 26.3 Å². The monoisotopic (exact) mass is 351 g/mol. The normalized spacial score (nSPS) is 28.8. The summed E-state index contributed by atoms with van der Waals surface area (Å²) in [5, 5.41) is 0. The molecule has 0 aromatic carbocycles. The average molecular weight is 351 g/mol. The molecule has 2 aliphatic carbocycles. The summed E-state index contributed by atoms with van der Waals surface area (Å²) in [5.74, 6) is 1.26. The molecule has 2 saturated carbocycles. The highest BCUT2D eigenvalue weighted by atomic mass is 16.5. The summed E-state index contributed by atoms with van der Waals surface area (Å²) in [6.45, 7) is 3.04. The van der Waals surface area contributed by atoms with E-state index in [1.165, 1.54) is 19.3 Å². The molecule has 2 bridgehead atoms. The molecule has 1 amide bonds. The Bertz CT molecular complexity index is 512. The van der Waals surface area contributed by atoms with Gasteiger partial charge in [0.15, 0.2) is 6.61 Å². The molecule has 6 heteroatoms. The van der Waals surface area contributed by atoms with Gasteiger partial charge in [-0.05, 0) is 56.8 Å². The SMILES string of the molecule is CCOC(=O)C1CCN(C(=O)COC(=O)C[C@H]2C[C@H]3CC[C@H]2C3)CC1. The highest BCUT2D eigenvalue weighted by Gasteiger charge is 2.40. The van der Waals surface area contributed by atoms with Crippen molar-refractivity contribution in [3.63, 3.8) is 0 Å². The van der Waals surface area contributed by atoms with E-state index in [1.807, 2.05) is 0 Å². The van der Waals surface area contributed by atoms with E-state index in [1.54, 1.807) is 11.8 Å². The first-order valence-corrected chi connectivity index (χ1v) is 9.66. The molecule has 25 heavy (non-hydrogen) atoms. The second-order valence-electron chi connectivity index (χ2n) is 7.71. The van der Waals surface area contributed by atoms with Crippen molar-refractivity contribution in [1.29, 1.82) is 0 Å². The molecule has 0 aromatic rings. The Morgan fingerprint density at radius 1 is 1.00 bits per heavy atom. The number of nitrogens with zero attached hydrogens (tertiary/aromatic N) is 1. The Kier molecular flexibility index (Phi) is 5.97. The maximum Gasteiger partial charge on any atom is 0.309 e. The summed E-state index contributed by atoms with van der Waals surface area (Å²) < 4.78 is 10.2. The maximum absolute atomic E-state index is 12.2. The van der Waals surface area contributed by atoms with Gasteiger partial charge in [-0.3, -0.25) is 14.4 Å². The van der Waals surface area contributed by atoms with Crippen LogP contribution in [0.5, 0.6) is 0 Å². The van der Waals surface area contributed by atoms with Crippen LogP contribution in [-0.2, 0) is 23.9 Å². The lowest BCUT2D eigenvalue weighted by atomic mass is 9.86. The van der Waals surface area contributed by atoms with E-state index in [2.05, 4.69) is 0 Å². The van der Waals surface area contributed by atoms with Crippen LogP contribution in [0.1, 0.15) is 51.9 Å². The summed E-state index contributed by atoms with van der Waals surface area (Å²) in [7, 11) is 0. The Morgan fingerprint density at radius 2 is 1.76 bits per heavy atom. The van der Waals surface area contributed by atoms with Crippen molar-refractivity contribution in [3.05, 3.63) is 0 Å². The molecule has 1 aliphatic heterocycles. The minimum atomic E-state index is -0.243. The molecule has 3 aliphatic rings. The number of hydrogen-bond donors (Lipinski definition) is 0. The first kappa shape index (κ1) is 18.2. The average Bonchev–Trinajstić information content (AvgIpc) is 3.23. The quantitative estimate of drug-likeness (QED) is 0.686. The maximum atomic E-state index is 12.2. The van der Waals surface area contributed by atoms with Crippen molar-refractivity contribution in [3.8, 4) is 0 Å². The number of rotatable bonds is 6. The van der Waals surface area contributed by atoms with Crippen molar-refractivity contribution in [2.45, 2.75) is 51.9 Å². The van der Waals surface area contributed by atoms with E-state index in [-0.39, 0.29) is 30.4 Å². The summed E-state index contributed by atoms with van der Waals surface area (Å²) in [6.07, 6.45) is 6.67. The number of carbonyl (C=O) groups is 3. The molecular weight excluding hydrogens is 322 g/mol. The third-order valence-corrected chi connectivity index (χ3v) is 6.14. The molecule has 0 N–H and O–H groups in total. The number of esters is 2. The zero-order chi connectivity index (χ0) is 17.8. The zero-order valence-electron chi connectivity index (χ0n) is 15.1. The van der Waals surface area contributed by atoms with E-state index in [4.69, 9.17) is 9.47 Å². The zero-order valence-corrected chi connectivity index (χ0v) is 15.1. The van der Waals surface area contributed by atoms with Crippen molar-refractivity contribution < 1.29 is 23.9 Å². The van der Waals surface area contributed by atoms with Gasteiger partial charge in [-0.25, -0.2) is 0 Å². The van der Waals surface area contributed by atoms with Gasteiger partial charge >= 0.3 is 11.9 Å². The molecule has 3 fully saturated rings. The molecule has 3 atom stereocenters. The summed E-state index contributed by atoms with van der Waals surface area (Å²) in [6, 6.07) is 0. The van der Waals surface area contributed by atoms with Gasteiger partial charge in [0.2, 0.25) is 0 Å². The third kappa shape index (κ3) is 4.53. The number of carbonyl (C=O) groups excluding carboxylic acids is 3. The van der Waals surface area contributed by atoms with Gasteiger partial charge in [0.25, 0.3) is 5.91 Å². The van der Waals surface area contributed by atoms with Crippen LogP contribution in [0.2, 0.25) is 0 Å². The molecule has 1 heterocycles. The van der Waals surface area contributed by atoms with Gasteiger partial charge in [-0.15, -0.1) is 0 Å². The van der Waals surface area contributed by atoms with Crippen LogP contribution in [0.4, 0.5) is 0 Å². The predicted molar refractivity (Wildman–Crippen MR) is 90.5 cm³/mol.